The molecule has 0 radical (unpaired) electrons. The lowest BCUT2D eigenvalue weighted by atomic mass is 10.1. The second-order valence-corrected chi connectivity index (χ2v) is 7.24. The fourth-order valence-electron chi connectivity index (χ4n) is 3.75. The molecule has 0 spiro atoms. The molecule has 2 heterocycles. The molecule has 2 aromatic carbocycles. The number of aromatic hydroxyl groups is 1. The summed E-state index contributed by atoms with van der Waals surface area (Å²) < 4.78 is 0. The Balaban J connectivity index is 1.29. The van der Waals surface area contributed by atoms with Crippen molar-refractivity contribution in [3.05, 3.63) is 64.7 Å². The number of carbonyl (C=O) groups excluding carboxylic acids is 1. The van der Waals surface area contributed by atoms with Gasteiger partial charge in [0.2, 0.25) is 5.91 Å². The normalized spacial score (nSPS) is 14.3. The first-order chi connectivity index (χ1) is 14.1. The quantitative estimate of drug-likeness (QED) is 0.695. The lowest BCUT2D eigenvalue weighted by Crippen LogP contribution is -2.48. The first kappa shape index (κ1) is 19.0. The van der Waals surface area contributed by atoms with Gasteiger partial charge in [0.1, 0.15) is 11.6 Å². The number of aromatic nitrogens is 2. The highest BCUT2D eigenvalue weighted by atomic mass is 16.3. The van der Waals surface area contributed by atoms with E-state index >= 15 is 0 Å². The van der Waals surface area contributed by atoms with E-state index in [9.17, 15) is 14.7 Å². The molecule has 0 bridgehead atoms. The topological polar surface area (TPSA) is 89.5 Å². The number of piperazine rings is 1. The molecule has 1 fully saturated rings. The fourth-order valence-corrected chi connectivity index (χ4v) is 3.75. The Labute approximate surface area is 168 Å². The van der Waals surface area contributed by atoms with Crippen LogP contribution in [0.2, 0.25) is 0 Å². The van der Waals surface area contributed by atoms with Crippen LogP contribution in [0.3, 0.4) is 0 Å². The third-order valence-electron chi connectivity index (χ3n) is 5.32. The van der Waals surface area contributed by atoms with E-state index in [0.717, 1.165) is 5.69 Å². The first-order valence-corrected chi connectivity index (χ1v) is 9.90. The van der Waals surface area contributed by atoms with Gasteiger partial charge in [-0.3, -0.25) is 9.59 Å². The van der Waals surface area contributed by atoms with Crippen molar-refractivity contribution in [3.63, 3.8) is 0 Å². The molecule has 2 N–H and O–H groups in total. The number of hydrogen-bond acceptors (Lipinski definition) is 5. The summed E-state index contributed by atoms with van der Waals surface area (Å²) in [4.78, 5) is 35.9. The monoisotopic (exact) mass is 392 g/mol. The molecule has 1 aromatic heterocycles. The number of benzene rings is 2. The third kappa shape index (κ3) is 4.23. The molecule has 0 aliphatic carbocycles. The van der Waals surface area contributed by atoms with E-state index in [1.54, 1.807) is 18.2 Å². The number of nitrogens with zero attached hydrogens (tertiary/aromatic N) is 3. The molecule has 1 aliphatic heterocycles. The predicted octanol–water partition coefficient (Wildman–Crippen LogP) is 2.30. The van der Waals surface area contributed by atoms with Crippen LogP contribution in [0.5, 0.6) is 5.75 Å². The summed E-state index contributed by atoms with van der Waals surface area (Å²) >= 11 is 0. The van der Waals surface area contributed by atoms with Gasteiger partial charge in [-0.15, -0.1) is 0 Å². The average molecular weight is 392 g/mol. The van der Waals surface area contributed by atoms with Crippen LogP contribution in [-0.4, -0.2) is 52.1 Å². The standard InChI is InChI=1S/C22H24N4O3/c27-19-9-4-3-8-18(19)25-12-14-26(15-13-25)21(28)11-5-10-20-23-17-7-2-1-6-16(17)22(29)24-20/h1-4,6-9,27H,5,10-15H2,(H,23,24,29). The number of aryl methyl sites for hydroxylation is 1. The Morgan fingerprint density at radius 3 is 2.55 bits per heavy atom. The van der Waals surface area contributed by atoms with Crippen LogP contribution in [0.25, 0.3) is 10.9 Å². The smallest absolute Gasteiger partial charge is 0.258 e. The number of rotatable bonds is 5. The van der Waals surface area contributed by atoms with Crippen LogP contribution in [0, 0.1) is 0 Å². The summed E-state index contributed by atoms with van der Waals surface area (Å²) in [7, 11) is 0. The summed E-state index contributed by atoms with van der Waals surface area (Å²) in [5, 5.41) is 10.6. The fraction of sp³-hybridized carbons (Fsp3) is 0.318. The number of nitrogens with one attached hydrogen (secondary N) is 1. The van der Waals surface area contributed by atoms with E-state index in [1.807, 2.05) is 35.2 Å². The third-order valence-corrected chi connectivity index (χ3v) is 5.32. The SMILES string of the molecule is O=C(CCCc1nc2ccccc2c(=O)[nH]1)N1CCN(c2ccccc2O)CC1. The van der Waals surface area contributed by atoms with Crippen LogP contribution in [0.4, 0.5) is 5.69 Å². The highest BCUT2D eigenvalue weighted by Crippen LogP contribution is 2.27. The molecule has 1 amide bonds. The maximum absolute atomic E-state index is 12.5. The van der Waals surface area contributed by atoms with E-state index in [4.69, 9.17) is 0 Å². The van der Waals surface area contributed by atoms with Crippen LogP contribution < -0.4 is 10.5 Å². The van der Waals surface area contributed by atoms with Crippen LogP contribution >= 0.6 is 0 Å². The van der Waals surface area contributed by atoms with Crippen molar-refractivity contribution in [2.45, 2.75) is 19.3 Å². The van der Waals surface area contributed by atoms with Crippen molar-refractivity contribution < 1.29 is 9.90 Å². The van der Waals surface area contributed by atoms with E-state index in [0.29, 0.717) is 62.2 Å². The second-order valence-electron chi connectivity index (χ2n) is 7.24. The van der Waals surface area contributed by atoms with Crippen molar-refractivity contribution in [1.29, 1.82) is 0 Å². The molecule has 29 heavy (non-hydrogen) atoms. The number of anilines is 1. The van der Waals surface area contributed by atoms with Crippen molar-refractivity contribution in [1.82, 2.24) is 14.9 Å². The molecule has 1 aliphatic rings. The van der Waals surface area contributed by atoms with Gasteiger partial charge in [-0.2, -0.15) is 0 Å². The summed E-state index contributed by atoms with van der Waals surface area (Å²) in [6.45, 7) is 2.67. The van der Waals surface area contributed by atoms with Gasteiger partial charge in [0.15, 0.2) is 0 Å². The average Bonchev–Trinajstić information content (AvgIpc) is 2.74. The molecule has 150 valence electrons. The first-order valence-electron chi connectivity index (χ1n) is 9.90. The second kappa shape index (κ2) is 8.34. The summed E-state index contributed by atoms with van der Waals surface area (Å²) in [6, 6.07) is 14.5. The van der Waals surface area contributed by atoms with Crippen molar-refractivity contribution in [2.24, 2.45) is 0 Å². The van der Waals surface area contributed by atoms with Gasteiger partial charge in [-0.25, -0.2) is 4.98 Å². The maximum Gasteiger partial charge on any atom is 0.258 e. The van der Waals surface area contributed by atoms with Crippen molar-refractivity contribution in [3.8, 4) is 5.75 Å². The Hall–Kier alpha value is -3.35. The molecule has 4 rings (SSSR count). The summed E-state index contributed by atoms with van der Waals surface area (Å²) in [5.74, 6) is 1.00. The number of amides is 1. The molecule has 0 saturated carbocycles. The minimum Gasteiger partial charge on any atom is -0.506 e. The molecule has 1 saturated heterocycles. The zero-order chi connectivity index (χ0) is 20.2. The Morgan fingerprint density at radius 1 is 1.03 bits per heavy atom. The van der Waals surface area contributed by atoms with Crippen LogP contribution in [0.1, 0.15) is 18.7 Å². The van der Waals surface area contributed by atoms with Gasteiger partial charge >= 0.3 is 0 Å². The summed E-state index contributed by atoms with van der Waals surface area (Å²) in [5.41, 5.74) is 1.35. The van der Waals surface area contributed by atoms with Gasteiger partial charge in [0, 0.05) is 39.0 Å². The van der Waals surface area contributed by atoms with Gasteiger partial charge < -0.3 is 19.9 Å². The minimum absolute atomic E-state index is 0.116. The molecular weight excluding hydrogens is 368 g/mol. The lowest BCUT2D eigenvalue weighted by molar-refractivity contribution is -0.131. The van der Waals surface area contributed by atoms with Gasteiger partial charge in [0.25, 0.3) is 5.56 Å². The van der Waals surface area contributed by atoms with E-state index in [2.05, 4.69) is 14.9 Å². The highest BCUT2D eigenvalue weighted by Gasteiger charge is 2.22. The number of fused-ring (bicyclic) bond motifs is 1. The zero-order valence-corrected chi connectivity index (χ0v) is 16.2. The minimum atomic E-state index is -0.141. The Kier molecular flexibility index (Phi) is 5.46. The lowest BCUT2D eigenvalue weighted by Gasteiger charge is -2.36. The zero-order valence-electron chi connectivity index (χ0n) is 16.2. The number of phenolic OH excluding ortho intramolecular Hbond substituents is 1. The Morgan fingerprint density at radius 2 is 1.76 bits per heavy atom. The highest BCUT2D eigenvalue weighted by molar-refractivity contribution is 5.77. The van der Waals surface area contributed by atoms with Gasteiger partial charge in [-0.1, -0.05) is 24.3 Å². The van der Waals surface area contributed by atoms with E-state index in [1.165, 1.54) is 0 Å². The number of aromatic amines is 1. The Bertz CT molecular complexity index is 1070. The van der Waals surface area contributed by atoms with E-state index < -0.39 is 0 Å². The molecule has 0 atom stereocenters. The molecule has 3 aromatic rings. The number of phenols is 1. The van der Waals surface area contributed by atoms with Gasteiger partial charge in [0.05, 0.1) is 16.6 Å². The van der Waals surface area contributed by atoms with Gasteiger partial charge in [-0.05, 0) is 30.7 Å². The van der Waals surface area contributed by atoms with Crippen molar-refractivity contribution >= 4 is 22.5 Å². The van der Waals surface area contributed by atoms with Crippen LogP contribution in [-0.2, 0) is 11.2 Å². The van der Waals surface area contributed by atoms with Crippen LogP contribution in [0.15, 0.2) is 53.3 Å². The van der Waals surface area contributed by atoms with E-state index in [-0.39, 0.29) is 17.2 Å². The largest absolute Gasteiger partial charge is 0.506 e. The maximum atomic E-state index is 12.5. The molecule has 7 heteroatoms. The number of carbonyl (C=O) groups is 1. The summed E-state index contributed by atoms with van der Waals surface area (Å²) in [6.07, 6.45) is 1.62. The predicted molar refractivity (Wildman–Crippen MR) is 112 cm³/mol. The molecule has 7 nitrogen and oxygen atoms in total. The molecule has 0 unspecified atom stereocenters. The number of para-hydroxylation sites is 3. The van der Waals surface area contributed by atoms with Crippen molar-refractivity contribution in [2.75, 3.05) is 31.1 Å². The number of hydrogen-bond donors (Lipinski definition) is 2. The number of H-pyrrole nitrogens is 1. The molecular formula is C22H24N4O3.